The van der Waals surface area contributed by atoms with Crippen LogP contribution in [-0.4, -0.2) is 51.0 Å². The number of hydrogen-bond acceptors (Lipinski definition) is 4. The zero-order valence-corrected chi connectivity index (χ0v) is 14.9. The SMILES string of the molecule is Cc1ccc(S(=O)(=O)N2CCN(S(C)(=O)=O)[C@@H]2C(C)C)cc1. The third-order valence-corrected chi connectivity index (χ3v) is 6.92. The summed E-state index contributed by atoms with van der Waals surface area (Å²) >= 11 is 0. The van der Waals surface area contributed by atoms with Crippen molar-refractivity contribution in [1.29, 1.82) is 0 Å². The van der Waals surface area contributed by atoms with Crippen molar-refractivity contribution in [2.75, 3.05) is 19.3 Å². The molecule has 1 aliphatic heterocycles. The van der Waals surface area contributed by atoms with E-state index in [0.717, 1.165) is 11.8 Å². The molecule has 0 radical (unpaired) electrons. The molecule has 22 heavy (non-hydrogen) atoms. The minimum atomic E-state index is -3.72. The van der Waals surface area contributed by atoms with E-state index >= 15 is 0 Å². The summed E-state index contributed by atoms with van der Waals surface area (Å²) in [5.74, 6) is -0.141. The molecule has 8 heteroatoms. The smallest absolute Gasteiger partial charge is 0.212 e. The van der Waals surface area contributed by atoms with Crippen LogP contribution in [0.25, 0.3) is 0 Å². The maximum atomic E-state index is 12.8. The second-order valence-corrected chi connectivity index (χ2v) is 9.79. The average Bonchev–Trinajstić information content (AvgIpc) is 2.84. The van der Waals surface area contributed by atoms with E-state index in [1.165, 1.54) is 8.61 Å². The molecule has 1 fully saturated rings. The van der Waals surface area contributed by atoms with E-state index in [1.807, 2.05) is 20.8 Å². The van der Waals surface area contributed by atoms with Gasteiger partial charge in [0.1, 0.15) is 0 Å². The molecule has 0 unspecified atom stereocenters. The van der Waals surface area contributed by atoms with E-state index in [0.29, 0.717) is 0 Å². The standard InChI is InChI=1S/C14H22N2O4S2/c1-11(2)14-15(21(4,17)18)9-10-16(14)22(19,20)13-7-5-12(3)6-8-13/h5-8,11,14H,9-10H2,1-4H3/t14-/m0/s1. The van der Waals surface area contributed by atoms with Crippen molar-refractivity contribution < 1.29 is 16.8 Å². The quantitative estimate of drug-likeness (QED) is 0.822. The van der Waals surface area contributed by atoms with Crippen molar-refractivity contribution in [3.8, 4) is 0 Å². The summed E-state index contributed by atoms with van der Waals surface area (Å²) < 4.78 is 52.1. The van der Waals surface area contributed by atoms with Crippen molar-refractivity contribution in [2.45, 2.75) is 31.8 Å². The Balaban J connectivity index is 2.44. The molecule has 0 amide bonds. The number of nitrogens with zero attached hydrogens (tertiary/aromatic N) is 2. The van der Waals surface area contributed by atoms with Crippen LogP contribution in [0.3, 0.4) is 0 Å². The van der Waals surface area contributed by atoms with Crippen LogP contribution in [0, 0.1) is 12.8 Å². The fourth-order valence-electron chi connectivity index (χ4n) is 2.74. The minimum Gasteiger partial charge on any atom is -0.212 e. The lowest BCUT2D eigenvalue weighted by Gasteiger charge is -2.31. The first-order chi connectivity index (χ1) is 10.0. The highest BCUT2D eigenvalue weighted by atomic mass is 32.2. The summed E-state index contributed by atoms with van der Waals surface area (Å²) in [5, 5.41) is 0. The lowest BCUT2D eigenvalue weighted by Crippen LogP contribution is -2.47. The van der Waals surface area contributed by atoms with E-state index < -0.39 is 26.2 Å². The number of rotatable bonds is 4. The Bertz CT molecular complexity index is 740. The van der Waals surface area contributed by atoms with Gasteiger partial charge in [-0.15, -0.1) is 0 Å². The van der Waals surface area contributed by atoms with Crippen molar-refractivity contribution in [1.82, 2.24) is 8.61 Å². The van der Waals surface area contributed by atoms with Gasteiger partial charge in [-0.05, 0) is 25.0 Å². The fourth-order valence-corrected chi connectivity index (χ4v) is 5.68. The molecular weight excluding hydrogens is 324 g/mol. The molecule has 1 aromatic carbocycles. The van der Waals surface area contributed by atoms with E-state index in [1.54, 1.807) is 24.3 Å². The predicted molar refractivity (Wildman–Crippen MR) is 85.2 cm³/mol. The van der Waals surface area contributed by atoms with Crippen LogP contribution in [-0.2, 0) is 20.0 Å². The van der Waals surface area contributed by atoms with Crippen LogP contribution in [0.2, 0.25) is 0 Å². The van der Waals surface area contributed by atoms with Crippen LogP contribution in [0.5, 0.6) is 0 Å². The van der Waals surface area contributed by atoms with Gasteiger partial charge in [0.05, 0.1) is 17.3 Å². The van der Waals surface area contributed by atoms with Crippen molar-refractivity contribution in [3.05, 3.63) is 29.8 Å². The Morgan fingerprint density at radius 2 is 1.50 bits per heavy atom. The summed E-state index contributed by atoms with van der Waals surface area (Å²) in [5.41, 5.74) is 0.971. The summed E-state index contributed by atoms with van der Waals surface area (Å²) in [6.45, 7) is 5.89. The van der Waals surface area contributed by atoms with Crippen molar-refractivity contribution in [2.24, 2.45) is 5.92 Å². The normalized spacial score (nSPS) is 21.6. The van der Waals surface area contributed by atoms with Gasteiger partial charge >= 0.3 is 0 Å². The third kappa shape index (κ3) is 3.19. The minimum absolute atomic E-state index is 0.141. The first-order valence-corrected chi connectivity index (χ1v) is 10.4. The Morgan fingerprint density at radius 1 is 1.00 bits per heavy atom. The molecule has 1 aromatic rings. The van der Waals surface area contributed by atoms with Gasteiger partial charge in [0.25, 0.3) is 0 Å². The molecule has 2 rings (SSSR count). The lowest BCUT2D eigenvalue weighted by molar-refractivity contribution is 0.220. The van der Waals surface area contributed by atoms with Gasteiger partial charge in [0, 0.05) is 13.1 Å². The zero-order chi connectivity index (χ0) is 16.7. The number of sulfonamides is 2. The maximum Gasteiger partial charge on any atom is 0.244 e. The fraction of sp³-hybridized carbons (Fsp3) is 0.571. The predicted octanol–water partition coefficient (Wildman–Crippen LogP) is 1.24. The van der Waals surface area contributed by atoms with Gasteiger partial charge in [0.2, 0.25) is 20.0 Å². The summed E-state index contributed by atoms with van der Waals surface area (Å²) in [7, 11) is -7.17. The lowest BCUT2D eigenvalue weighted by atomic mass is 10.2. The van der Waals surface area contributed by atoms with Gasteiger partial charge in [-0.1, -0.05) is 31.5 Å². The summed E-state index contributed by atoms with van der Waals surface area (Å²) in [6, 6.07) is 6.60. The van der Waals surface area contributed by atoms with Crippen LogP contribution < -0.4 is 0 Å². The van der Waals surface area contributed by atoms with Gasteiger partial charge < -0.3 is 0 Å². The van der Waals surface area contributed by atoms with Crippen molar-refractivity contribution in [3.63, 3.8) is 0 Å². The van der Waals surface area contributed by atoms with E-state index in [9.17, 15) is 16.8 Å². The Hall–Kier alpha value is -0.960. The molecule has 0 N–H and O–H groups in total. The Morgan fingerprint density at radius 3 is 1.95 bits per heavy atom. The molecular formula is C14H22N2O4S2. The van der Waals surface area contributed by atoms with Crippen LogP contribution >= 0.6 is 0 Å². The molecule has 124 valence electrons. The molecule has 6 nitrogen and oxygen atoms in total. The summed E-state index contributed by atoms with van der Waals surface area (Å²) in [4.78, 5) is 0.194. The monoisotopic (exact) mass is 346 g/mol. The van der Waals surface area contributed by atoms with E-state index in [2.05, 4.69) is 0 Å². The largest absolute Gasteiger partial charge is 0.244 e. The molecule has 0 aliphatic carbocycles. The molecule has 0 saturated carbocycles. The van der Waals surface area contributed by atoms with Crippen LogP contribution in [0.1, 0.15) is 19.4 Å². The molecule has 1 aliphatic rings. The first-order valence-electron chi connectivity index (χ1n) is 7.10. The molecule has 1 atom stereocenters. The van der Waals surface area contributed by atoms with Gasteiger partial charge in [-0.3, -0.25) is 0 Å². The highest BCUT2D eigenvalue weighted by Gasteiger charge is 2.45. The van der Waals surface area contributed by atoms with Gasteiger partial charge in [-0.25, -0.2) is 16.8 Å². The average molecular weight is 346 g/mol. The number of hydrogen-bond donors (Lipinski definition) is 0. The molecule has 1 saturated heterocycles. The first kappa shape index (κ1) is 17.4. The topological polar surface area (TPSA) is 74.8 Å². The van der Waals surface area contributed by atoms with Crippen LogP contribution in [0.4, 0.5) is 0 Å². The molecule has 0 aromatic heterocycles. The van der Waals surface area contributed by atoms with Crippen LogP contribution in [0.15, 0.2) is 29.2 Å². The zero-order valence-electron chi connectivity index (χ0n) is 13.2. The number of benzene rings is 1. The van der Waals surface area contributed by atoms with Gasteiger partial charge in [0.15, 0.2) is 0 Å². The maximum absolute atomic E-state index is 12.8. The number of aryl methyl sites for hydroxylation is 1. The molecule has 0 bridgehead atoms. The van der Waals surface area contributed by atoms with E-state index in [-0.39, 0.29) is 23.9 Å². The van der Waals surface area contributed by atoms with Crippen molar-refractivity contribution >= 4 is 20.0 Å². The third-order valence-electron chi connectivity index (χ3n) is 3.78. The van der Waals surface area contributed by atoms with Gasteiger partial charge in [-0.2, -0.15) is 8.61 Å². The highest BCUT2D eigenvalue weighted by Crippen LogP contribution is 2.30. The summed E-state index contributed by atoms with van der Waals surface area (Å²) in [6.07, 6.45) is 0.436. The second-order valence-electron chi connectivity index (χ2n) is 5.96. The molecule has 0 spiro atoms. The molecule has 1 heterocycles. The Labute approximate surface area is 132 Å². The second kappa shape index (κ2) is 5.92. The van der Waals surface area contributed by atoms with E-state index in [4.69, 9.17) is 0 Å². The Kier molecular flexibility index (Phi) is 4.68. The highest BCUT2D eigenvalue weighted by molar-refractivity contribution is 7.89.